The van der Waals surface area contributed by atoms with Crippen molar-refractivity contribution >= 4 is 81.8 Å². The molecule has 14 nitrogen and oxygen atoms in total. The molecule has 0 aromatic carbocycles. The zero-order chi connectivity index (χ0) is 35.1. The quantitative estimate of drug-likeness (QED) is 0.120. The molecule has 0 unspecified atom stereocenters. The van der Waals surface area contributed by atoms with Crippen molar-refractivity contribution in [2.45, 2.75) is 0 Å². The fourth-order valence-electron chi connectivity index (χ4n) is 3.10. The zero-order valence-electron chi connectivity index (χ0n) is 24.6. The van der Waals surface area contributed by atoms with Crippen molar-refractivity contribution in [3.05, 3.63) is 103 Å². The molecule has 0 saturated heterocycles. The van der Waals surface area contributed by atoms with Gasteiger partial charge >= 0.3 is 23.9 Å². The van der Waals surface area contributed by atoms with Crippen LogP contribution in [0.15, 0.2) is 82.5 Å². The third kappa shape index (κ3) is 10.8. The first-order valence-corrected chi connectivity index (χ1v) is 16.1. The number of carbonyl (C=O) groups excluding carboxylic acids is 4. The van der Waals surface area contributed by atoms with Gasteiger partial charge in [0.1, 0.15) is 19.5 Å². The average Bonchev–Trinajstić information content (AvgIpc) is 3.93. The van der Waals surface area contributed by atoms with E-state index in [9.17, 15) is 28.8 Å². The second kappa shape index (κ2) is 18.6. The first-order valence-electron chi connectivity index (χ1n) is 12.8. The standard InChI is InChI=1S/C9H7NO3S.C8H5NO3S.C7H6O3S.C6H4O3S/c1-12-9(11)8-3-2-7(14-8)6-4-10-5-13-6;10-8(11)7-2-1-6(13-7)5-3-9-4-12-5;1-10-7(9)6-3-2-5(4-8)11-6;7-3-4-1-2-5(10-4)6(8)9/h2-5H,1H3;1-4H,(H,10,11);2-4H,1H3;1-3H,(H,8,9). The zero-order valence-corrected chi connectivity index (χ0v) is 27.9. The van der Waals surface area contributed by atoms with Crippen LogP contribution in [0.1, 0.15) is 58.0 Å². The number of methoxy groups -OCH3 is 2. The van der Waals surface area contributed by atoms with Crippen molar-refractivity contribution in [2.75, 3.05) is 14.2 Å². The van der Waals surface area contributed by atoms with Gasteiger partial charge in [0.05, 0.1) is 46.1 Å². The molecular weight excluding hydrogens is 709 g/mol. The summed E-state index contributed by atoms with van der Waals surface area (Å²) in [6.45, 7) is 0. The van der Waals surface area contributed by atoms with E-state index in [-0.39, 0.29) is 10.8 Å². The number of carboxylic acids is 2. The number of oxazole rings is 2. The van der Waals surface area contributed by atoms with Gasteiger partial charge in [0.2, 0.25) is 0 Å². The summed E-state index contributed by atoms with van der Waals surface area (Å²) in [4.78, 5) is 74.6. The Bertz CT molecular complexity index is 1950. The van der Waals surface area contributed by atoms with Crippen LogP contribution in [0.3, 0.4) is 0 Å². The van der Waals surface area contributed by atoms with Crippen LogP contribution in [0.5, 0.6) is 0 Å². The van der Waals surface area contributed by atoms with Crippen molar-refractivity contribution in [2.24, 2.45) is 0 Å². The lowest BCUT2D eigenvalue weighted by Gasteiger charge is -1.91. The van der Waals surface area contributed by atoms with E-state index in [0.29, 0.717) is 48.5 Å². The second-order valence-electron chi connectivity index (χ2n) is 8.29. The van der Waals surface area contributed by atoms with Crippen molar-refractivity contribution in [3.63, 3.8) is 0 Å². The molecule has 0 amide bonds. The minimum atomic E-state index is -0.988. The van der Waals surface area contributed by atoms with Gasteiger partial charge in [-0.15, -0.1) is 45.3 Å². The van der Waals surface area contributed by atoms with Crippen molar-refractivity contribution in [1.82, 2.24) is 9.97 Å². The lowest BCUT2D eigenvalue weighted by atomic mass is 10.4. The number of aromatic carboxylic acids is 2. The molecule has 18 heteroatoms. The van der Waals surface area contributed by atoms with E-state index in [4.69, 9.17) is 19.0 Å². The van der Waals surface area contributed by atoms with Gasteiger partial charge in [-0.2, -0.15) is 0 Å². The number of hydrogen-bond donors (Lipinski definition) is 2. The minimum absolute atomic E-state index is 0.196. The van der Waals surface area contributed by atoms with Gasteiger partial charge in [0, 0.05) is 0 Å². The van der Waals surface area contributed by atoms with Crippen LogP contribution < -0.4 is 0 Å². The van der Waals surface area contributed by atoms with Crippen LogP contribution in [0.25, 0.3) is 21.3 Å². The van der Waals surface area contributed by atoms with Gasteiger partial charge in [-0.25, -0.2) is 29.1 Å². The molecular formula is C30H22N2O12S4. The minimum Gasteiger partial charge on any atom is -0.477 e. The summed E-state index contributed by atoms with van der Waals surface area (Å²) in [6, 6.07) is 12.8. The molecule has 0 atom stereocenters. The summed E-state index contributed by atoms with van der Waals surface area (Å²) in [7, 11) is 2.67. The third-order valence-electron chi connectivity index (χ3n) is 5.24. The summed E-state index contributed by atoms with van der Waals surface area (Å²) in [5, 5.41) is 17.0. The molecule has 0 aliphatic heterocycles. The first kappa shape index (κ1) is 36.9. The SMILES string of the molecule is COC(=O)c1ccc(-c2cnco2)s1.COC(=O)c1ccc(C=O)s1.O=C(O)c1ccc(-c2cnco2)s1.O=Cc1ccc(C(=O)O)s1. The number of aromatic nitrogens is 2. The number of rotatable bonds is 8. The van der Waals surface area contributed by atoms with E-state index in [1.165, 1.54) is 61.8 Å². The van der Waals surface area contributed by atoms with E-state index in [2.05, 4.69) is 19.4 Å². The predicted molar refractivity (Wildman–Crippen MR) is 176 cm³/mol. The highest BCUT2D eigenvalue weighted by Crippen LogP contribution is 2.28. The molecule has 0 spiro atoms. The third-order valence-corrected chi connectivity index (χ3v) is 9.40. The maximum atomic E-state index is 11.1. The van der Waals surface area contributed by atoms with Gasteiger partial charge in [-0.1, -0.05) is 0 Å². The number of aldehydes is 2. The number of thiophene rings is 4. The molecule has 0 aliphatic rings. The highest BCUT2D eigenvalue weighted by atomic mass is 32.1. The Hall–Kier alpha value is -5.56. The molecule has 0 fully saturated rings. The summed E-state index contributed by atoms with van der Waals surface area (Å²) in [5.41, 5.74) is 0. The maximum absolute atomic E-state index is 11.1. The van der Waals surface area contributed by atoms with Crippen LogP contribution in [-0.2, 0) is 9.47 Å². The highest BCUT2D eigenvalue weighted by molar-refractivity contribution is 7.17. The Labute approximate surface area is 286 Å². The molecule has 0 aliphatic carbocycles. The molecule has 6 aromatic rings. The summed E-state index contributed by atoms with van der Waals surface area (Å²) in [6.07, 6.45) is 7.17. The van der Waals surface area contributed by atoms with Crippen molar-refractivity contribution in [1.29, 1.82) is 0 Å². The monoisotopic (exact) mass is 730 g/mol. The summed E-state index contributed by atoms with van der Waals surface area (Å²) in [5.74, 6) is -1.39. The molecule has 6 aromatic heterocycles. The van der Waals surface area contributed by atoms with E-state index in [0.717, 1.165) is 32.4 Å². The van der Waals surface area contributed by atoms with E-state index >= 15 is 0 Å². The van der Waals surface area contributed by atoms with Crippen molar-refractivity contribution in [3.8, 4) is 21.3 Å². The number of carbonyl (C=O) groups is 6. The van der Waals surface area contributed by atoms with Gasteiger partial charge in [0.25, 0.3) is 0 Å². The van der Waals surface area contributed by atoms with E-state index in [1.54, 1.807) is 48.8 Å². The average molecular weight is 731 g/mol. The molecule has 0 radical (unpaired) electrons. The van der Waals surface area contributed by atoms with Gasteiger partial charge in [-0.3, -0.25) is 9.59 Å². The number of nitrogens with zero attached hydrogens (tertiary/aromatic N) is 2. The number of hydrogen-bond acceptors (Lipinski definition) is 16. The lowest BCUT2D eigenvalue weighted by Crippen LogP contribution is -1.96. The maximum Gasteiger partial charge on any atom is 0.348 e. The molecule has 48 heavy (non-hydrogen) atoms. The highest BCUT2D eigenvalue weighted by Gasteiger charge is 2.12. The Balaban J connectivity index is 0.000000175. The molecule has 248 valence electrons. The van der Waals surface area contributed by atoms with Gasteiger partial charge < -0.3 is 28.5 Å². The van der Waals surface area contributed by atoms with Gasteiger partial charge in [-0.05, 0) is 48.5 Å². The van der Waals surface area contributed by atoms with Gasteiger partial charge in [0.15, 0.2) is 36.9 Å². The molecule has 6 heterocycles. The number of ether oxygens (including phenoxy) is 2. The van der Waals surface area contributed by atoms with Crippen LogP contribution in [0.2, 0.25) is 0 Å². The lowest BCUT2D eigenvalue weighted by molar-refractivity contribution is 0.0597. The topological polar surface area (TPSA) is 213 Å². The Morgan fingerprint density at radius 3 is 1.33 bits per heavy atom. The van der Waals surface area contributed by atoms with Crippen LogP contribution in [0, 0.1) is 0 Å². The fourth-order valence-corrected chi connectivity index (χ4v) is 6.18. The number of carboxylic acid groups (broad SMARTS) is 2. The summed E-state index contributed by atoms with van der Waals surface area (Å²) >= 11 is 4.58. The molecule has 0 bridgehead atoms. The summed E-state index contributed by atoms with van der Waals surface area (Å²) < 4.78 is 19.2. The Kier molecular flexibility index (Phi) is 14.3. The smallest absolute Gasteiger partial charge is 0.348 e. The molecule has 2 N–H and O–H groups in total. The Morgan fingerprint density at radius 1 is 0.604 bits per heavy atom. The Morgan fingerprint density at radius 2 is 0.979 bits per heavy atom. The second-order valence-corrected chi connectivity index (χ2v) is 12.7. The predicted octanol–water partition coefficient (Wildman–Crippen LogP) is 6.90. The van der Waals surface area contributed by atoms with Crippen LogP contribution >= 0.6 is 45.3 Å². The normalized spacial score (nSPS) is 9.71. The first-order chi connectivity index (χ1) is 23.1. The van der Waals surface area contributed by atoms with E-state index < -0.39 is 17.9 Å². The van der Waals surface area contributed by atoms with E-state index in [1.807, 2.05) is 0 Å². The van der Waals surface area contributed by atoms with Crippen LogP contribution in [0.4, 0.5) is 0 Å². The van der Waals surface area contributed by atoms with Crippen molar-refractivity contribution < 1.29 is 57.3 Å². The van der Waals surface area contributed by atoms with Crippen LogP contribution in [-0.4, -0.2) is 70.9 Å². The fraction of sp³-hybridized carbons (Fsp3) is 0.0667. The molecule has 6 rings (SSSR count). The largest absolute Gasteiger partial charge is 0.477 e. The number of esters is 2. The molecule has 0 saturated carbocycles.